The average molecular weight is 623 g/mol. The molecule has 1 aliphatic rings. The highest BCUT2D eigenvalue weighted by Crippen LogP contribution is 2.24. The Bertz CT molecular complexity index is 1730. The number of rotatable bonds is 5. The highest BCUT2D eigenvalue weighted by Gasteiger charge is 2.38. The number of fused-ring (bicyclic) bond motifs is 2. The molecule has 1 aromatic heterocycles. The molecule has 43 heavy (non-hydrogen) atoms. The fourth-order valence-electron chi connectivity index (χ4n) is 4.15. The van der Waals surface area contributed by atoms with E-state index in [1.54, 1.807) is 24.3 Å². The Labute approximate surface area is 244 Å². The predicted molar refractivity (Wildman–Crippen MR) is 153 cm³/mol. The third-order valence-electron chi connectivity index (χ3n) is 6.36. The van der Waals surface area contributed by atoms with E-state index < -0.39 is 22.3 Å². The van der Waals surface area contributed by atoms with E-state index in [0.717, 1.165) is 34.8 Å². The first-order chi connectivity index (χ1) is 20.1. The molecule has 11 nitrogen and oxygen atoms in total. The number of carbonyl (C=O) groups excluding carboxylic acids is 1. The van der Waals surface area contributed by atoms with Gasteiger partial charge in [0.2, 0.25) is 5.91 Å². The molecule has 5 N–H and O–H groups in total. The van der Waals surface area contributed by atoms with Crippen LogP contribution >= 0.6 is 0 Å². The normalized spacial score (nSPS) is 15.0. The number of hydrogen-bond donors (Lipinski definition) is 4. The fraction of sp³-hybridized carbons (Fsp3) is 0.250. The number of ether oxygens (including phenoxy) is 1. The molecule has 0 aliphatic carbocycles. The van der Waals surface area contributed by atoms with Crippen molar-refractivity contribution in [3.8, 4) is 5.75 Å². The number of carbonyl (C=O) groups is 2. The second-order valence-corrected chi connectivity index (χ2v) is 10.7. The van der Waals surface area contributed by atoms with Crippen LogP contribution in [0.5, 0.6) is 5.75 Å². The van der Waals surface area contributed by atoms with Gasteiger partial charge in [0, 0.05) is 18.5 Å². The Morgan fingerprint density at radius 1 is 1.07 bits per heavy atom. The van der Waals surface area contributed by atoms with Gasteiger partial charge in [0.25, 0.3) is 10.1 Å². The van der Waals surface area contributed by atoms with Crippen LogP contribution in [0.1, 0.15) is 12.0 Å². The number of anilines is 1. The number of nitrogens with one attached hydrogen (secondary N) is 1. The maximum Gasteiger partial charge on any atom is 0.490 e. The Hall–Kier alpha value is -4.47. The first-order valence-corrected chi connectivity index (χ1v) is 14.0. The van der Waals surface area contributed by atoms with Crippen molar-refractivity contribution in [1.82, 2.24) is 15.2 Å². The van der Waals surface area contributed by atoms with Crippen LogP contribution in [-0.4, -0.2) is 72.8 Å². The van der Waals surface area contributed by atoms with Gasteiger partial charge >= 0.3 is 12.1 Å². The zero-order chi connectivity index (χ0) is 31.9. The van der Waals surface area contributed by atoms with Crippen LogP contribution in [0.2, 0.25) is 0 Å². The van der Waals surface area contributed by atoms with Crippen molar-refractivity contribution in [2.45, 2.75) is 30.1 Å². The number of nitrogen functional groups attached to an aromatic ring is 1. The van der Waals surface area contributed by atoms with Crippen molar-refractivity contribution in [1.29, 1.82) is 0 Å². The third kappa shape index (κ3) is 9.01. The molecule has 3 aromatic carbocycles. The van der Waals surface area contributed by atoms with E-state index in [-0.39, 0.29) is 16.8 Å². The molecule has 5 rings (SSSR count). The number of likely N-dealkylation sites (N-methyl/N-ethyl adjacent to an activating group) is 1. The number of pyridine rings is 1. The predicted octanol–water partition coefficient (Wildman–Crippen LogP) is 3.87. The number of halogens is 3. The molecule has 1 saturated heterocycles. The molecule has 0 bridgehead atoms. The lowest BCUT2D eigenvalue weighted by Crippen LogP contribution is -2.35. The fourth-order valence-corrected chi connectivity index (χ4v) is 4.67. The third-order valence-corrected chi connectivity index (χ3v) is 7.21. The van der Waals surface area contributed by atoms with E-state index in [4.69, 9.17) is 24.9 Å². The number of nitrogens with zero attached hydrogens (tertiary/aromatic N) is 2. The molecule has 2 heterocycles. The number of carboxylic acids is 1. The number of aromatic nitrogens is 1. The summed E-state index contributed by atoms with van der Waals surface area (Å²) in [5.74, 6) is -1.43. The summed E-state index contributed by atoms with van der Waals surface area (Å²) < 4.78 is 67.6. The lowest BCUT2D eigenvalue weighted by atomic mass is 10.1. The number of carboxylic acid groups (broad SMARTS) is 1. The van der Waals surface area contributed by atoms with Crippen LogP contribution < -0.4 is 15.8 Å². The number of nitrogens with two attached hydrogens (primary N) is 1. The van der Waals surface area contributed by atoms with Crippen molar-refractivity contribution in [2.24, 2.45) is 0 Å². The first kappa shape index (κ1) is 33.0. The minimum atomic E-state index is -5.08. The van der Waals surface area contributed by atoms with Crippen molar-refractivity contribution in [2.75, 3.05) is 26.4 Å². The molecule has 0 saturated carbocycles. The summed E-state index contributed by atoms with van der Waals surface area (Å²) in [5, 5.41) is 12.8. The molecule has 1 fully saturated rings. The highest BCUT2D eigenvalue weighted by molar-refractivity contribution is 7.85. The monoisotopic (exact) mass is 622 g/mol. The minimum Gasteiger partial charge on any atom is -0.497 e. The highest BCUT2D eigenvalue weighted by atomic mass is 32.2. The standard InChI is InChI=1S/C15H18N4O.C11H10O4S.C2HF3O2/c1-17-12-6-7-19(15(12)20)9-10-2-3-11-4-5-14(16)18-13(11)8-10;1-15-10-4-2-8-3-5-11(16(12,13)14)7-9(8)6-10;3-2(4,5)1(6)7/h2-5,8,12,17H,6-7,9H2,1H3,(H2,16,18);2-7H,1H3,(H,12,13,14);(H,6,7)/t12-;;/m0../s1. The molecule has 1 atom stereocenters. The van der Waals surface area contributed by atoms with Crippen molar-refractivity contribution in [3.63, 3.8) is 0 Å². The number of hydrogen-bond acceptors (Lipinski definition) is 8. The molecular weight excluding hydrogens is 593 g/mol. The largest absolute Gasteiger partial charge is 0.497 e. The van der Waals surface area contributed by atoms with Crippen molar-refractivity contribution >= 4 is 49.5 Å². The van der Waals surface area contributed by atoms with Crippen molar-refractivity contribution < 1.29 is 45.6 Å². The maximum absolute atomic E-state index is 12.1. The molecular formula is C28H29F3N4O7S. The van der Waals surface area contributed by atoms with Gasteiger partial charge in [-0.3, -0.25) is 9.35 Å². The Kier molecular flexibility index (Phi) is 10.5. The van der Waals surface area contributed by atoms with Gasteiger partial charge in [-0.25, -0.2) is 9.78 Å². The van der Waals surface area contributed by atoms with Gasteiger partial charge in [-0.15, -0.1) is 0 Å². The van der Waals surface area contributed by atoms with Gasteiger partial charge < -0.3 is 25.8 Å². The second-order valence-electron chi connectivity index (χ2n) is 9.31. The van der Waals surface area contributed by atoms with Gasteiger partial charge in [-0.2, -0.15) is 21.6 Å². The summed E-state index contributed by atoms with van der Waals surface area (Å²) in [4.78, 5) is 27.1. The van der Waals surface area contributed by atoms with Crippen molar-refractivity contribution in [3.05, 3.63) is 72.3 Å². The molecule has 0 radical (unpaired) electrons. The Morgan fingerprint density at radius 3 is 2.28 bits per heavy atom. The van der Waals surface area contributed by atoms with Crippen LogP contribution in [0.4, 0.5) is 19.0 Å². The molecule has 1 amide bonds. The molecule has 0 spiro atoms. The summed E-state index contributed by atoms with van der Waals surface area (Å²) in [5.41, 5.74) is 7.67. The second kappa shape index (κ2) is 13.7. The van der Waals surface area contributed by atoms with Crippen LogP contribution in [0.15, 0.2) is 71.6 Å². The van der Waals surface area contributed by atoms with E-state index >= 15 is 0 Å². The molecule has 230 valence electrons. The minimum absolute atomic E-state index is 0.0378. The quantitative estimate of drug-likeness (QED) is 0.240. The van der Waals surface area contributed by atoms with E-state index in [1.807, 2.05) is 42.3 Å². The van der Waals surface area contributed by atoms with Gasteiger partial charge in [-0.05, 0) is 72.3 Å². The number of aliphatic carboxylic acids is 1. The maximum atomic E-state index is 12.1. The molecule has 15 heteroatoms. The van der Waals surface area contributed by atoms with Crippen LogP contribution in [0.25, 0.3) is 21.7 Å². The van der Waals surface area contributed by atoms with Crippen LogP contribution in [-0.2, 0) is 26.3 Å². The number of benzene rings is 3. The summed E-state index contributed by atoms with van der Waals surface area (Å²) in [6, 6.07) is 19.5. The van der Waals surface area contributed by atoms with Crippen LogP contribution in [0, 0.1) is 0 Å². The van der Waals surface area contributed by atoms with Gasteiger partial charge in [-0.1, -0.05) is 24.3 Å². The van der Waals surface area contributed by atoms with E-state index in [0.29, 0.717) is 23.5 Å². The molecule has 0 unspecified atom stereocenters. The summed E-state index contributed by atoms with van der Waals surface area (Å²) in [6.45, 7) is 1.43. The zero-order valence-corrected chi connectivity index (χ0v) is 23.8. The average Bonchev–Trinajstić information content (AvgIpc) is 3.30. The smallest absolute Gasteiger partial charge is 0.490 e. The topological polar surface area (TPSA) is 172 Å². The number of alkyl halides is 3. The van der Waals surface area contributed by atoms with E-state index in [9.17, 15) is 26.4 Å². The van der Waals surface area contributed by atoms with E-state index in [1.165, 1.54) is 19.2 Å². The Balaban J connectivity index is 0.000000197. The van der Waals surface area contributed by atoms with Gasteiger partial charge in [0.1, 0.15) is 11.6 Å². The zero-order valence-electron chi connectivity index (χ0n) is 23.0. The number of likely N-dealkylation sites (tertiary alicyclic amines) is 1. The molecule has 4 aromatic rings. The van der Waals surface area contributed by atoms with Crippen LogP contribution in [0.3, 0.4) is 0 Å². The number of methoxy groups -OCH3 is 1. The number of amides is 1. The van der Waals surface area contributed by atoms with Gasteiger partial charge in [0.05, 0.1) is 23.6 Å². The Morgan fingerprint density at radius 2 is 1.70 bits per heavy atom. The summed E-state index contributed by atoms with van der Waals surface area (Å²) in [6.07, 6.45) is -4.21. The lowest BCUT2D eigenvalue weighted by molar-refractivity contribution is -0.192. The lowest BCUT2D eigenvalue weighted by Gasteiger charge is -2.17. The molecule has 1 aliphatic heterocycles. The van der Waals surface area contributed by atoms with E-state index in [2.05, 4.69) is 10.3 Å². The first-order valence-electron chi connectivity index (χ1n) is 12.6. The summed E-state index contributed by atoms with van der Waals surface area (Å²) >= 11 is 0. The van der Waals surface area contributed by atoms with Gasteiger partial charge in [0.15, 0.2) is 0 Å². The SMILES string of the molecule is CN[C@H]1CCN(Cc2ccc3ccc(N)nc3c2)C1=O.COc1ccc2ccc(S(=O)(=O)O)cc2c1.O=C(O)C(F)(F)F. The summed E-state index contributed by atoms with van der Waals surface area (Å²) in [7, 11) is -0.791.